The van der Waals surface area contributed by atoms with Crippen LogP contribution in [-0.4, -0.2) is 33.8 Å². The van der Waals surface area contributed by atoms with E-state index in [4.69, 9.17) is 5.21 Å². The number of nitrogens with zero attached hydrogens (tertiary/aromatic N) is 3. The number of rotatable bonds is 4. The topological polar surface area (TPSA) is 87.5 Å². The maximum atomic E-state index is 12.5. The molecule has 2 N–H and O–H groups in total. The van der Waals surface area contributed by atoms with E-state index in [0.29, 0.717) is 16.9 Å². The Morgan fingerprint density at radius 2 is 2.05 bits per heavy atom. The molecule has 0 radical (unpaired) electrons. The molecule has 7 nitrogen and oxygen atoms in total. The third-order valence-corrected chi connectivity index (χ3v) is 3.46. The van der Waals surface area contributed by atoms with Crippen molar-refractivity contribution < 1.29 is 10.0 Å². The number of hydroxylamine groups is 1. The van der Waals surface area contributed by atoms with Crippen molar-refractivity contribution in [3.63, 3.8) is 0 Å². The van der Waals surface area contributed by atoms with Crippen LogP contribution in [0.3, 0.4) is 0 Å². The fraction of sp³-hybridized carbons (Fsp3) is 0.357. The first kappa shape index (κ1) is 15.0. The van der Waals surface area contributed by atoms with Gasteiger partial charge in [0.2, 0.25) is 5.95 Å². The molecule has 0 aliphatic rings. The number of carbonyl (C=O) groups is 1. The van der Waals surface area contributed by atoms with Gasteiger partial charge in [0.1, 0.15) is 0 Å². The lowest BCUT2D eigenvalue weighted by atomic mass is 10.1. The van der Waals surface area contributed by atoms with Crippen LogP contribution in [0.5, 0.6) is 0 Å². The summed E-state index contributed by atoms with van der Waals surface area (Å²) in [6.45, 7) is 5.48. The number of anilines is 1. The zero-order valence-electron chi connectivity index (χ0n) is 12.3. The van der Waals surface area contributed by atoms with Gasteiger partial charge in [-0.15, -0.1) is 0 Å². The molecule has 2 rings (SSSR count). The Bertz CT molecular complexity index is 735. The molecular weight excluding hydrogens is 272 g/mol. The van der Waals surface area contributed by atoms with Crippen LogP contribution in [0.15, 0.2) is 23.0 Å². The van der Waals surface area contributed by atoms with Crippen LogP contribution in [0.2, 0.25) is 0 Å². The highest BCUT2D eigenvalue weighted by molar-refractivity contribution is 5.97. The van der Waals surface area contributed by atoms with E-state index >= 15 is 0 Å². The molecule has 0 unspecified atom stereocenters. The van der Waals surface area contributed by atoms with E-state index < -0.39 is 5.91 Å². The Labute approximate surface area is 121 Å². The number of amides is 1. The van der Waals surface area contributed by atoms with Crippen LogP contribution < -0.4 is 15.9 Å². The van der Waals surface area contributed by atoms with Crippen LogP contribution in [0, 0.1) is 0 Å². The summed E-state index contributed by atoms with van der Waals surface area (Å²) in [5, 5.41) is 9.00. The zero-order valence-corrected chi connectivity index (χ0v) is 12.3. The second-order valence-corrected chi connectivity index (χ2v) is 4.62. The number of hydrogen-bond acceptors (Lipinski definition) is 5. The second-order valence-electron chi connectivity index (χ2n) is 4.62. The molecule has 0 aliphatic carbocycles. The van der Waals surface area contributed by atoms with Gasteiger partial charge in [0.05, 0.1) is 10.9 Å². The van der Waals surface area contributed by atoms with Gasteiger partial charge in [-0.2, -0.15) is 0 Å². The van der Waals surface area contributed by atoms with Gasteiger partial charge < -0.3 is 4.90 Å². The van der Waals surface area contributed by atoms with Crippen molar-refractivity contribution in [3.05, 3.63) is 34.1 Å². The molecule has 21 heavy (non-hydrogen) atoms. The lowest BCUT2D eigenvalue weighted by Gasteiger charge is -2.22. The van der Waals surface area contributed by atoms with Crippen molar-refractivity contribution >= 4 is 22.8 Å². The third-order valence-electron chi connectivity index (χ3n) is 3.46. The molecule has 7 heteroatoms. The van der Waals surface area contributed by atoms with Crippen LogP contribution in [0.4, 0.5) is 5.95 Å². The summed E-state index contributed by atoms with van der Waals surface area (Å²) in [6, 6.07) is 4.56. The minimum atomic E-state index is -0.660. The van der Waals surface area contributed by atoms with Gasteiger partial charge in [-0.1, -0.05) is 0 Å². The summed E-state index contributed by atoms with van der Waals surface area (Å²) in [5.41, 5.74) is 2.05. The molecule has 1 amide bonds. The molecule has 0 saturated heterocycles. The first-order chi connectivity index (χ1) is 10.0. The van der Waals surface area contributed by atoms with Crippen LogP contribution >= 0.6 is 0 Å². The number of carbonyl (C=O) groups excluding carboxylic acids is 1. The molecule has 1 aromatic heterocycles. The fourth-order valence-corrected chi connectivity index (χ4v) is 2.25. The molecule has 0 fully saturated rings. The first-order valence-corrected chi connectivity index (χ1v) is 6.73. The van der Waals surface area contributed by atoms with E-state index in [2.05, 4.69) is 4.98 Å². The lowest BCUT2D eigenvalue weighted by Crippen LogP contribution is -2.31. The van der Waals surface area contributed by atoms with Crippen molar-refractivity contribution in [2.24, 2.45) is 7.05 Å². The van der Waals surface area contributed by atoms with E-state index in [0.717, 1.165) is 13.1 Å². The molecular formula is C14H18N4O3. The van der Waals surface area contributed by atoms with Gasteiger partial charge in [0.25, 0.3) is 11.5 Å². The van der Waals surface area contributed by atoms with Gasteiger partial charge in [-0.05, 0) is 32.0 Å². The van der Waals surface area contributed by atoms with Crippen LogP contribution in [0.1, 0.15) is 24.2 Å². The van der Waals surface area contributed by atoms with E-state index in [1.807, 2.05) is 18.7 Å². The summed E-state index contributed by atoms with van der Waals surface area (Å²) in [4.78, 5) is 30.4. The number of fused-ring (bicyclic) bond motifs is 1. The highest BCUT2D eigenvalue weighted by Gasteiger charge is 2.14. The van der Waals surface area contributed by atoms with Crippen molar-refractivity contribution in [1.82, 2.24) is 15.0 Å². The first-order valence-electron chi connectivity index (χ1n) is 6.73. The quantitative estimate of drug-likeness (QED) is 0.645. The van der Waals surface area contributed by atoms with Gasteiger partial charge in [-0.25, -0.2) is 10.5 Å². The monoisotopic (exact) mass is 290 g/mol. The van der Waals surface area contributed by atoms with E-state index in [-0.39, 0.29) is 11.1 Å². The van der Waals surface area contributed by atoms with Gasteiger partial charge in [0.15, 0.2) is 0 Å². The highest BCUT2D eigenvalue weighted by Crippen LogP contribution is 2.15. The third kappa shape index (κ3) is 2.59. The summed E-state index contributed by atoms with van der Waals surface area (Å²) in [5.74, 6) is -0.0661. The average Bonchev–Trinajstić information content (AvgIpc) is 2.52. The highest BCUT2D eigenvalue weighted by atomic mass is 16.5. The Morgan fingerprint density at radius 1 is 1.38 bits per heavy atom. The lowest BCUT2D eigenvalue weighted by molar-refractivity contribution is 0.0706. The number of hydrogen-bond donors (Lipinski definition) is 2. The Balaban J connectivity index is 2.69. The van der Waals surface area contributed by atoms with Crippen molar-refractivity contribution in [2.45, 2.75) is 13.8 Å². The molecule has 112 valence electrons. The molecule has 0 atom stereocenters. The Morgan fingerprint density at radius 3 is 2.62 bits per heavy atom. The SMILES string of the molecule is CCN(CC)c1nc2ccc(C(=O)NO)cc2c(=O)n1C. The van der Waals surface area contributed by atoms with Gasteiger partial charge >= 0.3 is 0 Å². The van der Waals surface area contributed by atoms with Gasteiger partial charge in [0, 0.05) is 25.7 Å². The van der Waals surface area contributed by atoms with Crippen molar-refractivity contribution in [1.29, 1.82) is 0 Å². The maximum absolute atomic E-state index is 12.5. The Hall–Kier alpha value is -2.41. The molecule has 2 aromatic rings. The smallest absolute Gasteiger partial charge is 0.274 e. The van der Waals surface area contributed by atoms with Crippen molar-refractivity contribution in [2.75, 3.05) is 18.0 Å². The minimum absolute atomic E-state index is 0.208. The predicted molar refractivity (Wildman–Crippen MR) is 79.8 cm³/mol. The average molecular weight is 290 g/mol. The normalized spacial score (nSPS) is 10.7. The summed E-state index contributed by atoms with van der Waals surface area (Å²) >= 11 is 0. The summed E-state index contributed by atoms with van der Waals surface area (Å²) < 4.78 is 1.47. The fourth-order valence-electron chi connectivity index (χ4n) is 2.25. The molecule has 1 heterocycles. The van der Waals surface area contributed by atoms with E-state index in [9.17, 15) is 9.59 Å². The Kier molecular flexibility index (Phi) is 4.23. The van der Waals surface area contributed by atoms with Crippen LogP contribution in [-0.2, 0) is 7.05 Å². The summed E-state index contributed by atoms with van der Waals surface area (Å²) in [6.07, 6.45) is 0. The standard InChI is InChI=1S/C14H18N4O3/c1-4-18(5-2)14-15-11-7-6-9(12(19)16-21)8-10(11)13(20)17(14)3/h6-8,21H,4-5H2,1-3H3,(H,16,19). The van der Waals surface area contributed by atoms with Gasteiger partial charge in [-0.3, -0.25) is 19.4 Å². The van der Waals surface area contributed by atoms with E-state index in [1.54, 1.807) is 18.6 Å². The number of aromatic nitrogens is 2. The van der Waals surface area contributed by atoms with Crippen LogP contribution in [0.25, 0.3) is 10.9 Å². The summed E-state index contributed by atoms with van der Waals surface area (Å²) in [7, 11) is 1.65. The molecule has 0 bridgehead atoms. The zero-order chi connectivity index (χ0) is 15.6. The largest absolute Gasteiger partial charge is 0.343 e. The number of benzene rings is 1. The molecule has 0 spiro atoms. The molecule has 0 aliphatic heterocycles. The van der Waals surface area contributed by atoms with Crippen molar-refractivity contribution in [3.8, 4) is 0 Å². The minimum Gasteiger partial charge on any atom is -0.343 e. The van der Waals surface area contributed by atoms with E-state index in [1.165, 1.54) is 16.7 Å². The predicted octanol–water partition coefficient (Wildman–Crippen LogP) is 0.899. The molecule has 1 aromatic carbocycles. The maximum Gasteiger partial charge on any atom is 0.274 e. The molecule has 0 saturated carbocycles. The number of nitrogens with one attached hydrogen (secondary N) is 1. The second kappa shape index (κ2) is 5.92.